The first-order chi connectivity index (χ1) is 9.50. The van der Waals surface area contributed by atoms with E-state index >= 15 is 0 Å². The Hall–Kier alpha value is -1.59. The van der Waals surface area contributed by atoms with Crippen LogP contribution in [0.15, 0.2) is 40.9 Å². The van der Waals surface area contributed by atoms with Gasteiger partial charge < -0.3 is 9.84 Å². The molecule has 104 valence electrons. The molecule has 0 bridgehead atoms. The largest absolute Gasteiger partial charge is 0.487 e. The molecule has 0 atom stereocenters. The van der Waals surface area contributed by atoms with Crippen LogP contribution in [0, 0.1) is 5.82 Å². The third-order valence-corrected chi connectivity index (χ3v) is 3.60. The summed E-state index contributed by atoms with van der Waals surface area (Å²) < 4.78 is 19.5. The van der Waals surface area contributed by atoms with Crippen LogP contribution in [-0.4, -0.2) is 11.1 Å². The Labute approximate surface area is 128 Å². The van der Waals surface area contributed by atoms with E-state index in [1.807, 2.05) is 0 Å². The molecule has 0 aromatic heterocycles. The first-order valence-corrected chi connectivity index (χ1v) is 6.75. The topological polar surface area (TPSA) is 46.5 Å². The first kappa shape index (κ1) is 14.8. The molecule has 0 fully saturated rings. The maximum Gasteiger partial charge on any atom is 0.339 e. The number of benzene rings is 2. The van der Waals surface area contributed by atoms with Gasteiger partial charge in [0, 0.05) is 5.56 Å². The van der Waals surface area contributed by atoms with Gasteiger partial charge >= 0.3 is 5.97 Å². The molecule has 6 heteroatoms. The van der Waals surface area contributed by atoms with Crippen molar-refractivity contribution < 1.29 is 19.0 Å². The molecule has 0 heterocycles. The average molecular weight is 360 g/mol. The summed E-state index contributed by atoms with van der Waals surface area (Å²) in [5, 5.41) is 9.33. The fourth-order valence-electron chi connectivity index (χ4n) is 1.64. The zero-order chi connectivity index (χ0) is 14.7. The van der Waals surface area contributed by atoms with Gasteiger partial charge in [-0.25, -0.2) is 9.18 Å². The van der Waals surface area contributed by atoms with Crippen molar-refractivity contribution in [2.75, 3.05) is 0 Å². The molecule has 0 saturated carbocycles. The lowest BCUT2D eigenvalue weighted by atomic mass is 10.2. The molecule has 3 nitrogen and oxygen atoms in total. The Morgan fingerprint density at radius 2 is 2.00 bits per heavy atom. The van der Waals surface area contributed by atoms with Gasteiger partial charge in [-0.1, -0.05) is 23.7 Å². The number of halogens is 3. The summed E-state index contributed by atoms with van der Waals surface area (Å²) in [6.07, 6.45) is 0. The number of hydrogen-bond donors (Lipinski definition) is 1. The highest BCUT2D eigenvalue weighted by Crippen LogP contribution is 2.31. The molecule has 0 aliphatic carbocycles. The Morgan fingerprint density at radius 1 is 1.30 bits per heavy atom. The van der Waals surface area contributed by atoms with E-state index in [0.29, 0.717) is 4.47 Å². The summed E-state index contributed by atoms with van der Waals surface area (Å²) in [6, 6.07) is 8.93. The van der Waals surface area contributed by atoms with Gasteiger partial charge in [0.25, 0.3) is 0 Å². The van der Waals surface area contributed by atoms with Gasteiger partial charge in [0.15, 0.2) is 0 Å². The molecule has 0 aliphatic rings. The lowest BCUT2D eigenvalue weighted by Gasteiger charge is -2.12. The molecular weight excluding hydrogens is 351 g/mol. The van der Waals surface area contributed by atoms with Crippen molar-refractivity contribution >= 4 is 33.5 Å². The highest BCUT2D eigenvalue weighted by molar-refractivity contribution is 9.10. The summed E-state index contributed by atoms with van der Waals surface area (Å²) in [5.74, 6) is -1.48. The fourth-order valence-corrected chi connectivity index (χ4v) is 2.34. The van der Waals surface area contributed by atoms with E-state index in [4.69, 9.17) is 21.4 Å². The summed E-state index contributed by atoms with van der Waals surface area (Å²) in [6.45, 7) is -0.158. The monoisotopic (exact) mass is 358 g/mol. The van der Waals surface area contributed by atoms with Crippen LogP contribution in [0.3, 0.4) is 0 Å². The predicted molar refractivity (Wildman–Crippen MR) is 76.8 cm³/mol. The number of para-hydroxylation sites is 1. The SMILES string of the molecule is O=C(O)c1cccc(Br)c1OCc1c(F)cccc1Cl. The van der Waals surface area contributed by atoms with E-state index in [-0.39, 0.29) is 28.5 Å². The van der Waals surface area contributed by atoms with E-state index in [1.165, 1.54) is 18.2 Å². The van der Waals surface area contributed by atoms with Crippen LogP contribution in [0.5, 0.6) is 5.75 Å². The highest BCUT2D eigenvalue weighted by atomic mass is 79.9. The highest BCUT2D eigenvalue weighted by Gasteiger charge is 2.16. The molecule has 0 unspecified atom stereocenters. The van der Waals surface area contributed by atoms with Crippen molar-refractivity contribution in [2.45, 2.75) is 6.61 Å². The molecule has 2 aromatic carbocycles. The van der Waals surface area contributed by atoms with E-state index in [1.54, 1.807) is 18.2 Å². The third kappa shape index (κ3) is 3.11. The van der Waals surface area contributed by atoms with Crippen molar-refractivity contribution in [3.05, 3.63) is 62.8 Å². The van der Waals surface area contributed by atoms with Crippen LogP contribution < -0.4 is 4.74 Å². The Bertz CT molecular complexity index is 641. The minimum Gasteiger partial charge on any atom is -0.487 e. The Balaban J connectivity index is 2.30. The molecule has 0 spiro atoms. The summed E-state index contributed by atoms with van der Waals surface area (Å²) in [5.41, 5.74) is 0.174. The van der Waals surface area contributed by atoms with Crippen molar-refractivity contribution in [1.82, 2.24) is 0 Å². The standard InChI is InChI=1S/C14H9BrClFO3/c15-10-4-1-3-8(14(18)19)13(10)20-7-9-11(16)5-2-6-12(9)17/h1-6H,7H2,(H,18,19). The second-order valence-electron chi connectivity index (χ2n) is 3.91. The average Bonchev–Trinajstić information content (AvgIpc) is 2.39. The first-order valence-electron chi connectivity index (χ1n) is 5.58. The second-order valence-corrected chi connectivity index (χ2v) is 5.17. The van der Waals surface area contributed by atoms with Gasteiger partial charge in [-0.2, -0.15) is 0 Å². The summed E-state index contributed by atoms with van der Waals surface area (Å²) in [4.78, 5) is 11.1. The molecule has 0 aliphatic heterocycles. The number of aromatic carboxylic acids is 1. The summed E-state index contributed by atoms with van der Waals surface area (Å²) >= 11 is 9.10. The van der Waals surface area contributed by atoms with Crippen LogP contribution in [0.25, 0.3) is 0 Å². The minimum atomic E-state index is -1.12. The Morgan fingerprint density at radius 3 is 2.65 bits per heavy atom. The molecule has 1 N–H and O–H groups in total. The second kappa shape index (κ2) is 6.24. The van der Waals surface area contributed by atoms with Crippen LogP contribution in [0.1, 0.15) is 15.9 Å². The molecule has 0 saturated heterocycles. The maximum atomic E-state index is 13.6. The summed E-state index contributed by atoms with van der Waals surface area (Å²) in [7, 11) is 0. The van der Waals surface area contributed by atoms with E-state index in [9.17, 15) is 9.18 Å². The number of carboxylic acids is 1. The smallest absolute Gasteiger partial charge is 0.339 e. The predicted octanol–water partition coefficient (Wildman–Crippen LogP) is 4.52. The lowest BCUT2D eigenvalue weighted by Crippen LogP contribution is -2.05. The third-order valence-electron chi connectivity index (χ3n) is 2.62. The number of rotatable bonds is 4. The van der Waals surface area contributed by atoms with Gasteiger partial charge in [0.1, 0.15) is 23.7 Å². The van der Waals surface area contributed by atoms with Crippen LogP contribution in [0.4, 0.5) is 4.39 Å². The van der Waals surface area contributed by atoms with Crippen LogP contribution in [-0.2, 0) is 6.61 Å². The number of carbonyl (C=O) groups is 1. The fraction of sp³-hybridized carbons (Fsp3) is 0.0714. The molecule has 0 radical (unpaired) electrons. The molecular formula is C14H9BrClFO3. The number of hydrogen-bond acceptors (Lipinski definition) is 2. The minimum absolute atomic E-state index is 0.00756. The molecule has 20 heavy (non-hydrogen) atoms. The van der Waals surface area contributed by atoms with Gasteiger partial charge in [-0.15, -0.1) is 0 Å². The van der Waals surface area contributed by atoms with Crippen LogP contribution >= 0.6 is 27.5 Å². The quantitative estimate of drug-likeness (QED) is 0.873. The maximum absolute atomic E-state index is 13.6. The van der Waals surface area contributed by atoms with E-state index in [0.717, 1.165) is 0 Å². The van der Waals surface area contributed by atoms with Crippen LogP contribution in [0.2, 0.25) is 5.02 Å². The normalized spacial score (nSPS) is 10.3. The lowest BCUT2D eigenvalue weighted by molar-refractivity contribution is 0.0691. The molecule has 2 aromatic rings. The number of ether oxygens (including phenoxy) is 1. The van der Waals surface area contributed by atoms with E-state index in [2.05, 4.69) is 15.9 Å². The van der Waals surface area contributed by atoms with Crippen molar-refractivity contribution in [2.24, 2.45) is 0 Å². The molecule has 0 amide bonds. The zero-order valence-electron chi connectivity index (χ0n) is 10.1. The van der Waals surface area contributed by atoms with Gasteiger partial charge in [0.2, 0.25) is 0 Å². The van der Waals surface area contributed by atoms with E-state index < -0.39 is 11.8 Å². The van der Waals surface area contributed by atoms with Gasteiger partial charge in [0.05, 0.1) is 9.50 Å². The van der Waals surface area contributed by atoms with Crippen molar-refractivity contribution in [1.29, 1.82) is 0 Å². The Kier molecular flexibility index (Phi) is 4.62. The zero-order valence-corrected chi connectivity index (χ0v) is 12.4. The number of carboxylic acid groups (broad SMARTS) is 1. The van der Waals surface area contributed by atoms with Crippen molar-refractivity contribution in [3.63, 3.8) is 0 Å². The van der Waals surface area contributed by atoms with Crippen molar-refractivity contribution in [3.8, 4) is 5.75 Å². The molecule has 2 rings (SSSR count). The van der Waals surface area contributed by atoms with Gasteiger partial charge in [-0.3, -0.25) is 0 Å². The van der Waals surface area contributed by atoms with Gasteiger partial charge in [-0.05, 0) is 40.2 Å².